The van der Waals surface area contributed by atoms with Gasteiger partial charge in [-0.05, 0) is 60.2 Å². The number of anilines is 1. The molecule has 2 aromatic carbocycles. The first kappa shape index (κ1) is 19.3. The van der Waals surface area contributed by atoms with Crippen LogP contribution in [0.3, 0.4) is 0 Å². The van der Waals surface area contributed by atoms with Gasteiger partial charge in [-0.1, -0.05) is 12.1 Å². The largest absolute Gasteiger partial charge is 0.493 e. The molecule has 0 saturated carbocycles. The zero-order valence-corrected chi connectivity index (χ0v) is 17.1. The van der Waals surface area contributed by atoms with Crippen molar-refractivity contribution in [1.82, 2.24) is 9.47 Å². The summed E-state index contributed by atoms with van der Waals surface area (Å²) in [5, 5.41) is 3.72. The molecule has 0 radical (unpaired) electrons. The van der Waals surface area contributed by atoms with Gasteiger partial charge in [-0.15, -0.1) is 0 Å². The van der Waals surface area contributed by atoms with Gasteiger partial charge in [-0.3, -0.25) is 0 Å². The average Bonchev–Trinajstić information content (AvgIpc) is 3.21. The van der Waals surface area contributed by atoms with E-state index in [1.54, 1.807) is 26.4 Å². The summed E-state index contributed by atoms with van der Waals surface area (Å²) in [6.45, 7) is 1.54. The van der Waals surface area contributed by atoms with Gasteiger partial charge in [0, 0.05) is 30.7 Å². The maximum Gasteiger partial charge on any atom is 0.174 e. The Labute approximate surface area is 174 Å². The van der Waals surface area contributed by atoms with Gasteiger partial charge < -0.3 is 24.3 Å². The van der Waals surface area contributed by atoms with Crippen molar-refractivity contribution in [2.24, 2.45) is 0 Å². The summed E-state index contributed by atoms with van der Waals surface area (Å²) >= 11 is 5.72. The minimum atomic E-state index is -0.304. The zero-order chi connectivity index (χ0) is 20.4. The number of ether oxygens (including phenoxy) is 2. The van der Waals surface area contributed by atoms with Crippen molar-refractivity contribution in [3.05, 3.63) is 77.9 Å². The highest BCUT2D eigenvalue weighted by Gasteiger charge is 2.31. The number of nitrogens with one attached hydrogen (secondary N) is 1. The number of benzene rings is 2. The van der Waals surface area contributed by atoms with Crippen molar-refractivity contribution in [3.8, 4) is 11.5 Å². The van der Waals surface area contributed by atoms with Crippen LogP contribution in [0, 0.1) is 5.82 Å². The molecule has 29 heavy (non-hydrogen) atoms. The molecule has 0 saturated heterocycles. The number of nitrogens with zero attached hydrogens (tertiary/aromatic N) is 2. The third kappa shape index (κ3) is 3.78. The maximum atomic E-state index is 13.6. The monoisotopic (exact) mass is 411 g/mol. The Morgan fingerprint density at radius 1 is 1.03 bits per heavy atom. The van der Waals surface area contributed by atoms with Gasteiger partial charge in [-0.2, -0.15) is 0 Å². The van der Waals surface area contributed by atoms with E-state index in [0.717, 1.165) is 24.3 Å². The Balaban J connectivity index is 1.70. The topological polar surface area (TPSA) is 38.7 Å². The van der Waals surface area contributed by atoms with E-state index in [1.165, 1.54) is 12.1 Å². The van der Waals surface area contributed by atoms with E-state index >= 15 is 0 Å². The van der Waals surface area contributed by atoms with Gasteiger partial charge in [0.05, 0.1) is 20.3 Å². The maximum absolute atomic E-state index is 13.6. The molecule has 2 heterocycles. The number of hydrogen-bond acceptors (Lipinski definition) is 3. The molecule has 1 aliphatic heterocycles. The molecule has 1 aliphatic rings. The van der Waals surface area contributed by atoms with Crippen molar-refractivity contribution in [3.63, 3.8) is 0 Å². The lowest BCUT2D eigenvalue weighted by atomic mass is 9.99. The second kappa shape index (κ2) is 8.13. The number of aromatic nitrogens is 1. The number of thiocarbonyl (C=S) groups is 1. The van der Waals surface area contributed by atoms with Crippen molar-refractivity contribution < 1.29 is 13.9 Å². The van der Waals surface area contributed by atoms with Crippen LogP contribution in [-0.2, 0) is 6.54 Å². The van der Waals surface area contributed by atoms with Crippen molar-refractivity contribution in [2.45, 2.75) is 12.6 Å². The Bertz CT molecular complexity index is 1040. The van der Waals surface area contributed by atoms with Crippen molar-refractivity contribution >= 4 is 23.0 Å². The molecule has 0 bridgehead atoms. The fourth-order valence-electron chi connectivity index (χ4n) is 3.74. The second-order valence-electron chi connectivity index (χ2n) is 6.78. The van der Waals surface area contributed by atoms with E-state index in [2.05, 4.69) is 27.0 Å². The van der Waals surface area contributed by atoms with Gasteiger partial charge in [-0.25, -0.2) is 4.39 Å². The molecule has 0 fully saturated rings. The van der Waals surface area contributed by atoms with Crippen LogP contribution in [-0.4, -0.2) is 35.3 Å². The Morgan fingerprint density at radius 2 is 1.86 bits per heavy atom. The summed E-state index contributed by atoms with van der Waals surface area (Å²) in [7, 11) is 3.24. The summed E-state index contributed by atoms with van der Waals surface area (Å²) in [5.74, 6) is 1.04. The third-order valence-electron chi connectivity index (χ3n) is 5.10. The third-order valence-corrected chi connectivity index (χ3v) is 5.43. The summed E-state index contributed by atoms with van der Waals surface area (Å²) in [5.41, 5.74) is 2.79. The number of hydrogen-bond donors (Lipinski definition) is 1. The standard InChI is InChI=1S/C22H22FN3O2S/c1-27-19-9-8-15(13-20(19)28-2)21-18-7-4-10-25(18)11-12-26(21)22(29)24-17-6-3-5-16(23)14-17/h3-10,13-14,21H,11-12H2,1-2H3,(H,24,29)/t21-/m1/s1. The smallest absolute Gasteiger partial charge is 0.174 e. The second-order valence-corrected chi connectivity index (χ2v) is 7.16. The van der Waals surface area contributed by atoms with E-state index in [9.17, 15) is 4.39 Å². The zero-order valence-electron chi connectivity index (χ0n) is 16.3. The lowest BCUT2D eigenvalue weighted by molar-refractivity contribution is 0.291. The molecular formula is C22H22FN3O2S. The van der Waals surface area contributed by atoms with E-state index in [-0.39, 0.29) is 11.9 Å². The quantitative estimate of drug-likeness (QED) is 0.643. The number of methoxy groups -OCH3 is 2. The van der Waals surface area contributed by atoms with Crippen LogP contribution in [0.2, 0.25) is 0 Å². The molecule has 5 nitrogen and oxygen atoms in total. The van der Waals surface area contributed by atoms with Crippen LogP contribution >= 0.6 is 12.2 Å². The van der Waals surface area contributed by atoms with Gasteiger partial charge >= 0.3 is 0 Å². The van der Waals surface area contributed by atoms with Crippen LogP contribution in [0.15, 0.2) is 60.8 Å². The molecule has 7 heteroatoms. The summed E-state index contributed by atoms with van der Waals surface area (Å²) in [6.07, 6.45) is 2.07. The first-order chi connectivity index (χ1) is 14.1. The number of halogens is 1. The van der Waals surface area contributed by atoms with Crippen LogP contribution in [0.5, 0.6) is 11.5 Å². The highest BCUT2D eigenvalue weighted by molar-refractivity contribution is 7.80. The first-order valence-corrected chi connectivity index (χ1v) is 9.71. The highest BCUT2D eigenvalue weighted by atomic mass is 32.1. The lowest BCUT2D eigenvalue weighted by Gasteiger charge is -2.39. The molecule has 3 aromatic rings. The van der Waals surface area contributed by atoms with Crippen molar-refractivity contribution in [2.75, 3.05) is 26.1 Å². The minimum Gasteiger partial charge on any atom is -0.493 e. The Morgan fingerprint density at radius 3 is 2.62 bits per heavy atom. The van der Waals surface area contributed by atoms with Crippen LogP contribution in [0.25, 0.3) is 0 Å². The van der Waals surface area contributed by atoms with Gasteiger partial charge in [0.2, 0.25) is 0 Å². The Hall–Kier alpha value is -3.06. The lowest BCUT2D eigenvalue weighted by Crippen LogP contribution is -2.44. The normalized spacial score (nSPS) is 15.6. The summed E-state index contributed by atoms with van der Waals surface area (Å²) in [6, 6.07) is 16.2. The minimum absolute atomic E-state index is 0.105. The number of fused-ring (bicyclic) bond motifs is 1. The van der Waals surface area contributed by atoms with E-state index in [1.807, 2.05) is 24.3 Å². The molecule has 1 N–H and O–H groups in total. The van der Waals surface area contributed by atoms with Crippen LogP contribution in [0.4, 0.5) is 10.1 Å². The summed E-state index contributed by atoms with van der Waals surface area (Å²) < 4.78 is 26.7. The molecular weight excluding hydrogens is 389 g/mol. The fourth-order valence-corrected chi connectivity index (χ4v) is 4.05. The SMILES string of the molecule is COc1ccc([C@@H]2c3cccn3CCN2C(=S)Nc2cccc(F)c2)cc1OC. The molecule has 0 amide bonds. The number of rotatable bonds is 4. The molecule has 1 aromatic heterocycles. The highest BCUT2D eigenvalue weighted by Crippen LogP contribution is 2.37. The van der Waals surface area contributed by atoms with Gasteiger partial charge in [0.15, 0.2) is 16.6 Å². The average molecular weight is 412 g/mol. The van der Waals surface area contributed by atoms with Crippen LogP contribution < -0.4 is 14.8 Å². The van der Waals surface area contributed by atoms with E-state index in [4.69, 9.17) is 21.7 Å². The molecule has 1 atom stereocenters. The Kier molecular flexibility index (Phi) is 5.40. The van der Waals surface area contributed by atoms with Gasteiger partial charge in [0.25, 0.3) is 0 Å². The predicted octanol–water partition coefficient (Wildman–Crippen LogP) is 4.45. The van der Waals surface area contributed by atoms with E-state index < -0.39 is 0 Å². The predicted molar refractivity (Wildman–Crippen MR) is 115 cm³/mol. The molecule has 0 aliphatic carbocycles. The summed E-state index contributed by atoms with van der Waals surface area (Å²) in [4.78, 5) is 2.12. The molecule has 0 unspecified atom stereocenters. The molecule has 0 spiro atoms. The first-order valence-electron chi connectivity index (χ1n) is 9.31. The van der Waals surface area contributed by atoms with Gasteiger partial charge in [0.1, 0.15) is 5.82 Å². The van der Waals surface area contributed by atoms with Crippen LogP contribution in [0.1, 0.15) is 17.3 Å². The molecule has 4 rings (SSSR count). The van der Waals surface area contributed by atoms with Crippen molar-refractivity contribution in [1.29, 1.82) is 0 Å². The molecule has 150 valence electrons. The fraction of sp³-hybridized carbons (Fsp3) is 0.227. The van der Waals surface area contributed by atoms with E-state index in [0.29, 0.717) is 22.3 Å².